The van der Waals surface area contributed by atoms with Gasteiger partial charge in [0, 0.05) is 6.07 Å². The molecule has 0 radical (unpaired) electrons. The third-order valence-electron chi connectivity index (χ3n) is 8.58. The average Bonchev–Trinajstić information content (AvgIpc) is 2.80. The third-order valence-corrected chi connectivity index (χ3v) is 8.58. The zero-order valence-electron chi connectivity index (χ0n) is 19.6. The van der Waals surface area contributed by atoms with Crippen molar-refractivity contribution in [1.82, 2.24) is 0 Å². The Hall–Kier alpha value is -1.72. The summed E-state index contributed by atoms with van der Waals surface area (Å²) in [7, 11) is 0. The zero-order chi connectivity index (χ0) is 23.4. The van der Waals surface area contributed by atoms with Crippen molar-refractivity contribution in [3.05, 3.63) is 24.0 Å². The first-order valence-electron chi connectivity index (χ1n) is 12.9. The van der Waals surface area contributed by atoms with E-state index in [2.05, 4.69) is 11.7 Å². The maximum atomic E-state index is 14.0. The predicted octanol–water partition coefficient (Wildman–Crippen LogP) is 7.77. The van der Waals surface area contributed by atoms with Crippen LogP contribution in [0.2, 0.25) is 0 Å². The van der Waals surface area contributed by atoms with Crippen molar-refractivity contribution in [3.63, 3.8) is 0 Å². The number of benzene rings is 1. The van der Waals surface area contributed by atoms with Gasteiger partial charge in [0.2, 0.25) is 0 Å². The van der Waals surface area contributed by atoms with Gasteiger partial charge in [-0.2, -0.15) is 8.78 Å². The summed E-state index contributed by atoms with van der Waals surface area (Å²) in [6.07, 6.45) is 14.7. The Morgan fingerprint density at radius 2 is 1.76 bits per heavy atom. The van der Waals surface area contributed by atoms with Gasteiger partial charge < -0.3 is 9.47 Å². The van der Waals surface area contributed by atoms with Crippen LogP contribution in [0.25, 0.3) is 0 Å². The molecule has 4 atom stereocenters. The summed E-state index contributed by atoms with van der Waals surface area (Å²) in [5.74, 6) is 1.53. The van der Waals surface area contributed by atoms with Crippen molar-refractivity contribution < 1.29 is 27.4 Å². The van der Waals surface area contributed by atoms with Gasteiger partial charge in [0.1, 0.15) is 5.75 Å². The molecule has 1 aromatic carbocycles. The van der Waals surface area contributed by atoms with Crippen LogP contribution in [-0.2, 0) is 4.79 Å². The highest BCUT2D eigenvalue weighted by molar-refractivity contribution is 5.75. The second-order valence-electron chi connectivity index (χ2n) is 10.5. The summed E-state index contributed by atoms with van der Waals surface area (Å²) in [6, 6.07) is 3.33. The highest BCUT2D eigenvalue weighted by atomic mass is 19.3. The van der Waals surface area contributed by atoms with Crippen LogP contribution in [0.5, 0.6) is 11.5 Å². The topological polar surface area (TPSA) is 35.5 Å². The van der Waals surface area contributed by atoms with Crippen LogP contribution < -0.4 is 9.47 Å². The quantitative estimate of drug-likeness (QED) is 0.304. The molecule has 0 bridgehead atoms. The van der Waals surface area contributed by atoms with E-state index in [1.165, 1.54) is 63.9 Å². The SMILES string of the molecule is CCCC1CCC(C2CCC3C(CCCC3C(=O)Oc3ccc(OC(F)F)c(F)c3)C2)CC1. The van der Waals surface area contributed by atoms with E-state index in [0.717, 1.165) is 49.1 Å². The van der Waals surface area contributed by atoms with Crippen LogP contribution in [0.4, 0.5) is 13.2 Å². The summed E-state index contributed by atoms with van der Waals surface area (Å²) in [4.78, 5) is 13.0. The van der Waals surface area contributed by atoms with E-state index in [1.54, 1.807) is 0 Å². The Bertz CT molecular complexity index is 791. The lowest BCUT2D eigenvalue weighted by Gasteiger charge is -2.46. The number of carbonyl (C=O) groups is 1. The second kappa shape index (κ2) is 11.1. The normalized spacial score (nSPS) is 32.3. The Kier molecular flexibility index (Phi) is 8.24. The number of rotatable bonds is 7. The molecule has 1 aromatic rings. The number of halogens is 3. The van der Waals surface area contributed by atoms with Gasteiger partial charge in [0.05, 0.1) is 5.92 Å². The molecule has 3 aliphatic carbocycles. The van der Waals surface area contributed by atoms with E-state index in [4.69, 9.17) is 4.74 Å². The zero-order valence-corrected chi connectivity index (χ0v) is 19.6. The Labute approximate surface area is 195 Å². The lowest BCUT2D eigenvalue weighted by atomic mass is 9.59. The number of ether oxygens (including phenoxy) is 2. The molecule has 0 N–H and O–H groups in total. The largest absolute Gasteiger partial charge is 0.432 e. The summed E-state index contributed by atoms with van der Waals surface area (Å²) in [6.45, 7) is -0.820. The smallest absolute Gasteiger partial charge is 0.387 e. The van der Waals surface area contributed by atoms with Crippen LogP contribution in [0.1, 0.15) is 84.0 Å². The van der Waals surface area contributed by atoms with Gasteiger partial charge in [0.25, 0.3) is 0 Å². The van der Waals surface area contributed by atoms with E-state index < -0.39 is 18.2 Å². The minimum absolute atomic E-state index is 0.0405. The Morgan fingerprint density at radius 3 is 2.45 bits per heavy atom. The minimum Gasteiger partial charge on any atom is -0.432 e. The van der Waals surface area contributed by atoms with Crippen molar-refractivity contribution in [2.45, 2.75) is 90.6 Å². The van der Waals surface area contributed by atoms with E-state index >= 15 is 0 Å². The van der Waals surface area contributed by atoms with Gasteiger partial charge >= 0.3 is 12.6 Å². The van der Waals surface area contributed by atoms with Crippen LogP contribution in [0.3, 0.4) is 0 Å². The van der Waals surface area contributed by atoms with E-state index in [0.29, 0.717) is 11.8 Å². The fourth-order valence-corrected chi connectivity index (χ4v) is 7.01. The average molecular weight is 467 g/mol. The number of fused-ring (bicyclic) bond motifs is 1. The van der Waals surface area contributed by atoms with Gasteiger partial charge in [0.15, 0.2) is 11.6 Å². The first-order chi connectivity index (χ1) is 15.9. The van der Waals surface area contributed by atoms with Gasteiger partial charge in [-0.15, -0.1) is 0 Å². The Morgan fingerprint density at radius 1 is 1.00 bits per heavy atom. The number of alkyl halides is 2. The monoisotopic (exact) mass is 466 g/mol. The molecule has 0 aliphatic heterocycles. The molecule has 6 heteroatoms. The summed E-state index contributed by atoms with van der Waals surface area (Å²) >= 11 is 0. The lowest BCUT2D eigenvalue weighted by Crippen LogP contribution is -2.40. The molecule has 4 unspecified atom stereocenters. The van der Waals surface area contributed by atoms with Crippen LogP contribution in [0, 0.1) is 41.3 Å². The molecule has 3 aliphatic rings. The molecule has 3 nitrogen and oxygen atoms in total. The standard InChI is InChI=1S/C27H37F3O3/c1-2-4-17-7-9-18(10-8-17)19-11-13-22-20(15-19)5-3-6-23(22)26(31)32-21-12-14-25(24(28)16-21)33-27(29)30/h12,14,16-20,22-23,27H,2-11,13,15H2,1H3. The molecule has 3 fully saturated rings. The lowest BCUT2D eigenvalue weighted by molar-refractivity contribution is -0.144. The molecule has 0 heterocycles. The van der Waals surface area contributed by atoms with Crippen LogP contribution in [-0.4, -0.2) is 12.6 Å². The second-order valence-corrected chi connectivity index (χ2v) is 10.5. The third kappa shape index (κ3) is 6.05. The minimum atomic E-state index is -3.10. The number of hydrogen-bond acceptors (Lipinski definition) is 3. The number of hydrogen-bond donors (Lipinski definition) is 0. The van der Waals surface area contributed by atoms with E-state index in [-0.39, 0.29) is 17.6 Å². The Balaban J connectivity index is 1.32. The van der Waals surface area contributed by atoms with Gasteiger partial charge in [-0.25, -0.2) is 4.39 Å². The summed E-state index contributed by atoms with van der Waals surface area (Å²) < 4.78 is 48.3. The molecule has 0 aromatic heterocycles. The maximum Gasteiger partial charge on any atom is 0.387 e. The van der Waals surface area contributed by atoms with Crippen molar-refractivity contribution >= 4 is 5.97 Å². The molecule has 0 spiro atoms. The molecule has 184 valence electrons. The molecule has 33 heavy (non-hydrogen) atoms. The highest BCUT2D eigenvalue weighted by Crippen LogP contribution is 2.50. The molecule has 0 amide bonds. The summed E-state index contributed by atoms with van der Waals surface area (Å²) in [5.41, 5.74) is 0. The predicted molar refractivity (Wildman–Crippen MR) is 121 cm³/mol. The fraction of sp³-hybridized carbons (Fsp3) is 0.741. The van der Waals surface area contributed by atoms with Crippen LogP contribution >= 0.6 is 0 Å². The van der Waals surface area contributed by atoms with Crippen molar-refractivity contribution in [3.8, 4) is 11.5 Å². The van der Waals surface area contributed by atoms with Gasteiger partial charge in [-0.05, 0) is 80.2 Å². The molecular formula is C27H37F3O3. The number of carbonyl (C=O) groups excluding carboxylic acids is 1. The first-order valence-corrected chi connectivity index (χ1v) is 12.9. The summed E-state index contributed by atoms with van der Waals surface area (Å²) in [5, 5.41) is 0. The first kappa shape index (κ1) is 24.4. The van der Waals surface area contributed by atoms with Gasteiger partial charge in [-0.1, -0.05) is 45.4 Å². The van der Waals surface area contributed by atoms with E-state index in [1.807, 2.05) is 0 Å². The molecule has 0 saturated heterocycles. The van der Waals surface area contributed by atoms with Crippen molar-refractivity contribution in [1.29, 1.82) is 0 Å². The number of esters is 1. The maximum absolute atomic E-state index is 14.0. The van der Waals surface area contributed by atoms with Gasteiger partial charge in [-0.3, -0.25) is 4.79 Å². The molecular weight excluding hydrogens is 429 g/mol. The molecule has 3 saturated carbocycles. The van der Waals surface area contributed by atoms with E-state index in [9.17, 15) is 18.0 Å². The molecule has 4 rings (SSSR count). The van der Waals surface area contributed by atoms with Crippen LogP contribution in [0.15, 0.2) is 18.2 Å². The van der Waals surface area contributed by atoms with Crippen molar-refractivity contribution in [2.24, 2.45) is 35.5 Å². The highest BCUT2D eigenvalue weighted by Gasteiger charge is 2.43. The fourth-order valence-electron chi connectivity index (χ4n) is 7.01. The van der Waals surface area contributed by atoms with Crippen molar-refractivity contribution in [2.75, 3.05) is 0 Å².